The largest absolute Gasteiger partial charge is 0.454 e. The molecule has 0 radical (unpaired) electrons. The molecule has 2 saturated heterocycles. The van der Waals surface area contributed by atoms with Crippen LogP contribution in [0.5, 0.6) is 11.5 Å². The Morgan fingerprint density at radius 3 is 2.92 bits per heavy atom. The van der Waals surface area contributed by atoms with Gasteiger partial charge in [-0.2, -0.15) is 0 Å². The molecule has 0 aromatic heterocycles. The molecule has 1 aromatic rings. The van der Waals surface area contributed by atoms with E-state index in [0.717, 1.165) is 36.4 Å². The average Bonchev–Trinajstić information content (AvgIpc) is 3.21. The van der Waals surface area contributed by atoms with E-state index in [0.29, 0.717) is 25.6 Å². The van der Waals surface area contributed by atoms with Crippen LogP contribution < -0.4 is 9.47 Å². The minimum absolute atomic E-state index is 0.0562. The van der Waals surface area contributed by atoms with Gasteiger partial charge < -0.3 is 19.3 Å². The molecule has 2 fully saturated rings. The van der Waals surface area contributed by atoms with E-state index in [2.05, 4.69) is 6.92 Å². The molecule has 0 bridgehead atoms. The monoisotopic (exact) mass is 344 g/mol. The smallest absolute Gasteiger partial charge is 0.231 e. The third-order valence-electron chi connectivity index (χ3n) is 5.46. The van der Waals surface area contributed by atoms with Gasteiger partial charge in [0.15, 0.2) is 11.5 Å². The molecule has 0 aliphatic carbocycles. The molecule has 134 valence electrons. The van der Waals surface area contributed by atoms with Crippen LogP contribution in [0, 0.1) is 5.92 Å². The van der Waals surface area contributed by atoms with Crippen molar-refractivity contribution in [3.63, 3.8) is 0 Å². The van der Waals surface area contributed by atoms with Gasteiger partial charge in [-0.25, -0.2) is 0 Å². The summed E-state index contributed by atoms with van der Waals surface area (Å²) in [5.41, 5.74) is 0.997. The normalized spacial score (nSPS) is 25.6. The molecule has 0 spiro atoms. The summed E-state index contributed by atoms with van der Waals surface area (Å²) in [4.78, 5) is 29.0. The molecule has 3 heterocycles. The maximum atomic E-state index is 12.8. The van der Waals surface area contributed by atoms with Gasteiger partial charge in [0.25, 0.3) is 0 Å². The molecule has 25 heavy (non-hydrogen) atoms. The van der Waals surface area contributed by atoms with Crippen LogP contribution >= 0.6 is 0 Å². The standard InChI is InChI=1S/C19H24N2O4/c1-13-4-2-3-7-21(13)19(23)15-9-18(22)20(11-15)10-14-5-6-16-17(8-14)25-12-24-16/h5-6,8,13,15H,2-4,7,9-12H2,1H3. The predicted octanol–water partition coefficient (Wildman–Crippen LogP) is 2.16. The highest BCUT2D eigenvalue weighted by Crippen LogP contribution is 2.33. The summed E-state index contributed by atoms with van der Waals surface area (Å²) < 4.78 is 10.7. The van der Waals surface area contributed by atoms with Crippen LogP contribution in [0.1, 0.15) is 38.2 Å². The lowest BCUT2D eigenvalue weighted by Crippen LogP contribution is -2.45. The molecule has 0 saturated carbocycles. The van der Waals surface area contributed by atoms with E-state index in [4.69, 9.17) is 9.47 Å². The first-order valence-corrected chi connectivity index (χ1v) is 9.08. The van der Waals surface area contributed by atoms with Crippen LogP contribution in [0.3, 0.4) is 0 Å². The highest BCUT2D eigenvalue weighted by Gasteiger charge is 2.38. The molecular weight excluding hydrogens is 320 g/mol. The van der Waals surface area contributed by atoms with Crippen LogP contribution in [0.15, 0.2) is 18.2 Å². The number of benzene rings is 1. The zero-order valence-electron chi connectivity index (χ0n) is 14.6. The number of fused-ring (bicyclic) bond motifs is 1. The Bertz CT molecular complexity index is 690. The molecule has 1 aromatic carbocycles. The molecule has 3 aliphatic rings. The number of piperidine rings is 1. The number of nitrogens with zero attached hydrogens (tertiary/aromatic N) is 2. The van der Waals surface area contributed by atoms with E-state index >= 15 is 0 Å². The maximum absolute atomic E-state index is 12.8. The lowest BCUT2D eigenvalue weighted by atomic mass is 9.99. The van der Waals surface area contributed by atoms with Crippen molar-refractivity contribution in [1.29, 1.82) is 0 Å². The maximum Gasteiger partial charge on any atom is 0.231 e. The molecule has 2 amide bonds. The van der Waals surface area contributed by atoms with Crippen molar-refractivity contribution in [2.45, 2.75) is 45.2 Å². The van der Waals surface area contributed by atoms with E-state index in [1.54, 1.807) is 4.90 Å². The second-order valence-electron chi connectivity index (χ2n) is 7.24. The first-order chi connectivity index (χ1) is 12.1. The fourth-order valence-corrected chi connectivity index (χ4v) is 4.01. The molecule has 2 atom stereocenters. The minimum atomic E-state index is -0.206. The van der Waals surface area contributed by atoms with Crippen molar-refractivity contribution in [2.24, 2.45) is 5.92 Å². The van der Waals surface area contributed by atoms with Crippen LogP contribution in [0.25, 0.3) is 0 Å². The Kier molecular flexibility index (Phi) is 4.27. The first-order valence-electron chi connectivity index (χ1n) is 9.08. The highest BCUT2D eigenvalue weighted by atomic mass is 16.7. The van der Waals surface area contributed by atoms with E-state index < -0.39 is 0 Å². The molecule has 0 N–H and O–H groups in total. The lowest BCUT2D eigenvalue weighted by Gasteiger charge is -2.35. The first kappa shape index (κ1) is 16.2. The molecule has 6 heteroatoms. The number of rotatable bonds is 3. The third-order valence-corrected chi connectivity index (χ3v) is 5.46. The molecule has 4 rings (SSSR count). The quantitative estimate of drug-likeness (QED) is 0.843. The topological polar surface area (TPSA) is 59.1 Å². The predicted molar refractivity (Wildman–Crippen MR) is 91.1 cm³/mol. The van der Waals surface area contributed by atoms with Crippen LogP contribution in [0.2, 0.25) is 0 Å². The van der Waals surface area contributed by atoms with Crippen molar-refractivity contribution in [1.82, 2.24) is 9.80 Å². The van der Waals surface area contributed by atoms with Crippen LogP contribution in [0.4, 0.5) is 0 Å². The summed E-state index contributed by atoms with van der Waals surface area (Å²) in [6.07, 6.45) is 3.64. The van der Waals surface area contributed by atoms with E-state index in [1.807, 2.05) is 23.1 Å². The number of hydrogen-bond donors (Lipinski definition) is 0. The Morgan fingerprint density at radius 1 is 1.24 bits per heavy atom. The SMILES string of the molecule is CC1CCCCN1C(=O)C1CC(=O)N(Cc2ccc3c(c2)OCO3)C1. The fourth-order valence-electron chi connectivity index (χ4n) is 4.01. The van der Waals surface area contributed by atoms with E-state index in [9.17, 15) is 9.59 Å². The zero-order chi connectivity index (χ0) is 17.4. The molecule has 3 aliphatic heterocycles. The fraction of sp³-hybridized carbons (Fsp3) is 0.579. The van der Waals surface area contributed by atoms with Gasteiger partial charge in [0.05, 0.1) is 5.92 Å². The number of likely N-dealkylation sites (tertiary alicyclic amines) is 2. The number of carbonyl (C=O) groups is 2. The van der Waals surface area contributed by atoms with Crippen molar-refractivity contribution >= 4 is 11.8 Å². The summed E-state index contributed by atoms with van der Waals surface area (Å²) in [7, 11) is 0. The summed E-state index contributed by atoms with van der Waals surface area (Å²) in [6.45, 7) is 4.20. The molecule has 6 nitrogen and oxygen atoms in total. The Labute approximate surface area is 147 Å². The van der Waals surface area contributed by atoms with Crippen molar-refractivity contribution in [3.8, 4) is 11.5 Å². The van der Waals surface area contributed by atoms with Gasteiger partial charge in [0.2, 0.25) is 18.6 Å². The number of hydrogen-bond acceptors (Lipinski definition) is 4. The van der Waals surface area contributed by atoms with Crippen LogP contribution in [-0.4, -0.2) is 47.5 Å². The second-order valence-corrected chi connectivity index (χ2v) is 7.24. The van der Waals surface area contributed by atoms with Gasteiger partial charge >= 0.3 is 0 Å². The van der Waals surface area contributed by atoms with Gasteiger partial charge in [-0.05, 0) is 43.9 Å². The van der Waals surface area contributed by atoms with Gasteiger partial charge in [-0.1, -0.05) is 6.07 Å². The molecular formula is C19H24N2O4. The van der Waals surface area contributed by atoms with Crippen LogP contribution in [-0.2, 0) is 16.1 Å². The number of amides is 2. The summed E-state index contributed by atoms with van der Waals surface area (Å²) in [5.74, 6) is 1.46. The van der Waals surface area contributed by atoms with E-state index in [-0.39, 0.29) is 24.5 Å². The van der Waals surface area contributed by atoms with Gasteiger partial charge in [-0.15, -0.1) is 0 Å². The third kappa shape index (κ3) is 3.17. The minimum Gasteiger partial charge on any atom is -0.454 e. The average molecular weight is 344 g/mol. The number of ether oxygens (including phenoxy) is 2. The summed E-state index contributed by atoms with van der Waals surface area (Å²) in [5, 5.41) is 0. The highest BCUT2D eigenvalue weighted by molar-refractivity contribution is 5.89. The zero-order valence-corrected chi connectivity index (χ0v) is 14.6. The lowest BCUT2D eigenvalue weighted by molar-refractivity contribution is -0.139. The van der Waals surface area contributed by atoms with Crippen molar-refractivity contribution < 1.29 is 19.1 Å². The Balaban J connectivity index is 1.41. The van der Waals surface area contributed by atoms with Gasteiger partial charge in [0, 0.05) is 32.1 Å². The van der Waals surface area contributed by atoms with Gasteiger partial charge in [0.1, 0.15) is 0 Å². The Morgan fingerprint density at radius 2 is 2.08 bits per heavy atom. The van der Waals surface area contributed by atoms with E-state index in [1.165, 1.54) is 6.42 Å². The Hall–Kier alpha value is -2.24. The van der Waals surface area contributed by atoms with Crippen molar-refractivity contribution in [3.05, 3.63) is 23.8 Å². The van der Waals surface area contributed by atoms with Crippen molar-refractivity contribution in [2.75, 3.05) is 19.9 Å². The second kappa shape index (κ2) is 6.58. The summed E-state index contributed by atoms with van der Waals surface area (Å²) >= 11 is 0. The molecule has 2 unspecified atom stereocenters. The summed E-state index contributed by atoms with van der Waals surface area (Å²) in [6, 6.07) is 6.02. The van der Waals surface area contributed by atoms with Gasteiger partial charge in [-0.3, -0.25) is 9.59 Å². The number of carbonyl (C=O) groups excluding carboxylic acids is 2.